The quantitative estimate of drug-likeness (QED) is 0.699. The van der Waals surface area contributed by atoms with E-state index in [1.165, 1.54) is 0 Å². The summed E-state index contributed by atoms with van der Waals surface area (Å²) in [6, 6.07) is 0. The minimum atomic E-state index is 0.0498. The van der Waals surface area contributed by atoms with Gasteiger partial charge in [0.2, 0.25) is 0 Å². The fourth-order valence-electron chi connectivity index (χ4n) is 6.60. The Labute approximate surface area is 83.6 Å². The molecule has 6 fully saturated rings. The van der Waals surface area contributed by atoms with Crippen LogP contribution in [0.3, 0.4) is 0 Å². The maximum Gasteiger partial charge on any atom is 0.0577 e. The summed E-state index contributed by atoms with van der Waals surface area (Å²) >= 11 is 0. The van der Waals surface area contributed by atoms with Gasteiger partial charge in [-0.25, -0.2) is 0 Å². The van der Waals surface area contributed by atoms with Crippen molar-refractivity contribution in [1.82, 2.24) is 0 Å². The van der Waals surface area contributed by atoms with E-state index in [1.54, 1.807) is 0 Å². The van der Waals surface area contributed by atoms with E-state index in [-0.39, 0.29) is 6.10 Å². The van der Waals surface area contributed by atoms with Gasteiger partial charge in [-0.15, -0.1) is 0 Å². The monoisotopic (exact) mass is 192 g/mol. The first-order valence-electron chi connectivity index (χ1n) is 5.99. The van der Waals surface area contributed by atoms with Crippen LogP contribution in [0, 0.1) is 46.8 Å². The van der Waals surface area contributed by atoms with Crippen molar-refractivity contribution in [3.63, 3.8) is 0 Å². The van der Waals surface area contributed by atoms with Crippen LogP contribution in [0.2, 0.25) is 0 Å². The summed E-state index contributed by atoms with van der Waals surface area (Å²) in [4.78, 5) is 0. The van der Waals surface area contributed by atoms with Crippen LogP contribution in [0.25, 0.3) is 0 Å². The molecule has 0 amide bonds. The Morgan fingerprint density at radius 2 is 2.07 bits per heavy atom. The van der Waals surface area contributed by atoms with Crippen LogP contribution in [0.5, 0.6) is 0 Å². The van der Waals surface area contributed by atoms with Gasteiger partial charge in [0.25, 0.3) is 0 Å². The topological polar surface area (TPSA) is 29.5 Å². The zero-order valence-corrected chi connectivity index (χ0v) is 8.39. The lowest BCUT2D eigenvalue weighted by molar-refractivity contribution is -0.0127. The van der Waals surface area contributed by atoms with Gasteiger partial charge in [0, 0.05) is 12.5 Å². The van der Waals surface area contributed by atoms with Gasteiger partial charge in [0.1, 0.15) is 0 Å². The third-order valence-corrected chi connectivity index (χ3v) is 6.44. The Morgan fingerprint density at radius 3 is 2.71 bits per heavy atom. The van der Waals surface area contributed by atoms with Gasteiger partial charge in [-0.1, -0.05) is 0 Å². The normalized spacial score (nSPS) is 79.3. The van der Waals surface area contributed by atoms with Crippen molar-refractivity contribution in [3.8, 4) is 0 Å². The molecule has 6 rings (SSSR count). The zero-order valence-electron chi connectivity index (χ0n) is 8.39. The van der Waals surface area contributed by atoms with Crippen molar-refractivity contribution in [2.45, 2.75) is 12.5 Å². The van der Waals surface area contributed by atoms with E-state index in [2.05, 4.69) is 0 Å². The summed E-state index contributed by atoms with van der Waals surface area (Å²) in [5, 5.41) is 10.0. The highest BCUT2D eigenvalue weighted by Crippen LogP contribution is 2.97. The lowest BCUT2D eigenvalue weighted by Gasteiger charge is -2.38. The van der Waals surface area contributed by atoms with Crippen LogP contribution >= 0.6 is 0 Å². The van der Waals surface area contributed by atoms with E-state index < -0.39 is 0 Å². The van der Waals surface area contributed by atoms with Gasteiger partial charge in [0.05, 0.1) is 12.7 Å². The second kappa shape index (κ2) is 1.69. The molecule has 0 spiro atoms. The highest BCUT2D eigenvalue weighted by atomic mass is 16.5. The molecule has 0 aromatic rings. The summed E-state index contributed by atoms with van der Waals surface area (Å²) in [6.45, 7) is 0.986. The van der Waals surface area contributed by atoms with Crippen LogP contribution in [0.15, 0.2) is 0 Å². The second-order valence-electron chi connectivity index (χ2n) is 6.32. The second-order valence-corrected chi connectivity index (χ2v) is 6.32. The van der Waals surface area contributed by atoms with Gasteiger partial charge in [-0.3, -0.25) is 0 Å². The number of hydrogen-bond acceptors (Lipinski definition) is 2. The average Bonchev–Trinajstić information content (AvgIpc) is 2.98. The largest absolute Gasteiger partial charge is 0.393 e. The molecule has 8 unspecified atom stereocenters. The Kier molecular flexibility index (Phi) is 0.875. The first-order valence-corrected chi connectivity index (χ1v) is 5.99. The van der Waals surface area contributed by atoms with Crippen molar-refractivity contribution in [2.24, 2.45) is 46.8 Å². The van der Waals surface area contributed by atoms with Crippen LogP contribution in [-0.4, -0.2) is 24.9 Å². The number of rotatable bonds is 2. The Bertz CT molecular complexity index is 337. The number of aliphatic hydroxyl groups excluding tert-OH is 1. The van der Waals surface area contributed by atoms with Crippen LogP contribution in [-0.2, 0) is 4.74 Å². The van der Waals surface area contributed by atoms with Crippen molar-refractivity contribution in [1.29, 1.82) is 0 Å². The molecule has 0 aliphatic heterocycles. The molecule has 6 saturated carbocycles. The molecule has 76 valence electrons. The van der Waals surface area contributed by atoms with E-state index in [0.717, 1.165) is 48.5 Å². The molecule has 6 aliphatic rings. The Balaban J connectivity index is 1.66. The summed E-state index contributed by atoms with van der Waals surface area (Å²) < 4.78 is 5.44. The van der Waals surface area contributed by atoms with E-state index in [9.17, 15) is 5.11 Å². The van der Waals surface area contributed by atoms with E-state index in [4.69, 9.17) is 4.74 Å². The van der Waals surface area contributed by atoms with Crippen molar-refractivity contribution in [2.75, 3.05) is 13.7 Å². The third-order valence-electron chi connectivity index (χ3n) is 6.44. The zero-order chi connectivity index (χ0) is 9.24. The van der Waals surface area contributed by atoms with Gasteiger partial charge >= 0.3 is 0 Å². The van der Waals surface area contributed by atoms with Gasteiger partial charge in [-0.05, 0) is 47.8 Å². The highest BCUT2D eigenvalue weighted by Gasteiger charge is 2.96. The van der Waals surface area contributed by atoms with Crippen LogP contribution in [0.4, 0.5) is 0 Å². The highest BCUT2D eigenvalue weighted by molar-refractivity contribution is 5.42. The maximum absolute atomic E-state index is 10.0. The molecule has 0 saturated heterocycles. The minimum absolute atomic E-state index is 0.0498. The number of methoxy groups -OCH3 is 1. The summed E-state index contributed by atoms with van der Waals surface area (Å²) in [6.07, 6.45) is 1.17. The molecular formula is C12H16O2. The van der Waals surface area contributed by atoms with Crippen molar-refractivity contribution < 1.29 is 9.84 Å². The molecule has 0 heterocycles. The van der Waals surface area contributed by atoms with Gasteiger partial charge in [0.15, 0.2) is 0 Å². The first kappa shape index (κ1) is 7.24. The molecule has 1 N–H and O–H groups in total. The van der Waals surface area contributed by atoms with Crippen LogP contribution < -0.4 is 0 Å². The molecule has 6 aliphatic carbocycles. The van der Waals surface area contributed by atoms with E-state index >= 15 is 0 Å². The molecule has 2 heteroatoms. The Morgan fingerprint density at radius 1 is 1.21 bits per heavy atom. The van der Waals surface area contributed by atoms with Crippen molar-refractivity contribution >= 4 is 0 Å². The van der Waals surface area contributed by atoms with Gasteiger partial charge in [-0.2, -0.15) is 0 Å². The molecule has 14 heavy (non-hydrogen) atoms. The molecule has 9 atom stereocenters. The standard InChI is InChI=1S/C12H16O2/c1-14-3-12-9-4-2-5(13)7(11(9)12)8-6(4)10(8)12/h4-11,13H,2-3H2,1H3/t4?,5-,6?,7?,8?,9?,10?,11?,12?/m1/s1. The van der Waals surface area contributed by atoms with E-state index in [1.807, 2.05) is 7.11 Å². The Hall–Kier alpha value is -0.0800. The minimum Gasteiger partial charge on any atom is -0.393 e. The molecule has 2 bridgehead atoms. The molecule has 0 aromatic carbocycles. The number of hydrogen-bond donors (Lipinski definition) is 1. The summed E-state index contributed by atoms with van der Waals surface area (Å²) in [5.41, 5.74) is 0.580. The van der Waals surface area contributed by atoms with Crippen LogP contribution in [0.1, 0.15) is 6.42 Å². The smallest absolute Gasteiger partial charge is 0.0577 e. The first-order chi connectivity index (χ1) is 6.82. The van der Waals surface area contributed by atoms with Crippen molar-refractivity contribution in [3.05, 3.63) is 0 Å². The number of ether oxygens (including phenoxy) is 1. The molecule has 0 radical (unpaired) electrons. The fourth-order valence-corrected chi connectivity index (χ4v) is 6.60. The fraction of sp³-hybridized carbons (Fsp3) is 1.00. The lowest BCUT2D eigenvalue weighted by atomic mass is 9.69. The SMILES string of the molecule is COCC12C3C4C5C[C@@H](O)C(C43)C1C52. The van der Waals surface area contributed by atoms with Gasteiger partial charge < -0.3 is 9.84 Å². The molecule has 0 aromatic heterocycles. The molecular weight excluding hydrogens is 176 g/mol. The number of fused-ring (bicyclic) bond motifs is 1. The third kappa shape index (κ3) is 0.424. The number of aliphatic hydroxyl groups is 1. The summed E-state index contributed by atoms with van der Waals surface area (Å²) in [7, 11) is 1.84. The molecule has 2 nitrogen and oxygen atoms in total. The average molecular weight is 192 g/mol. The predicted octanol–water partition coefficient (Wildman–Crippen LogP) is 0.752. The summed E-state index contributed by atoms with van der Waals surface area (Å²) in [5.74, 6) is 6.35. The predicted molar refractivity (Wildman–Crippen MR) is 49.4 cm³/mol. The lowest BCUT2D eigenvalue weighted by Crippen LogP contribution is -2.39. The maximum atomic E-state index is 10.0. The van der Waals surface area contributed by atoms with E-state index in [0.29, 0.717) is 11.3 Å².